The predicted octanol–water partition coefficient (Wildman–Crippen LogP) is 3.73. The lowest BCUT2D eigenvalue weighted by molar-refractivity contribution is -0.325. The Morgan fingerprint density at radius 3 is 2.68 bits per heavy atom. The van der Waals surface area contributed by atoms with E-state index in [0.717, 1.165) is 23.8 Å². The molecule has 0 atom stereocenters. The van der Waals surface area contributed by atoms with Gasteiger partial charge in [-0.3, -0.25) is 0 Å². The second-order valence-electron chi connectivity index (χ2n) is 7.13. The van der Waals surface area contributed by atoms with E-state index in [4.69, 9.17) is 13.9 Å². The minimum Gasteiger partial charge on any atom is -0.455 e. The van der Waals surface area contributed by atoms with Gasteiger partial charge in [-0.25, -0.2) is 9.67 Å². The highest BCUT2D eigenvalue weighted by molar-refractivity contribution is 5.77. The first-order valence-electron chi connectivity index (χ1n) is 8.72. The first-order chi connectivity index (χ1) is 12.1. The van der Waals surface area contributed by atoms with Crippen LogP contribution in [0.15, 0.2) is 47.4 Å². The molecule has 0 N–H and O–H groups in total. The zero-order valence-corrected chi connectivity index (χ0v) is 14.6. The monoisotopic (exact) mass is 341 g/mol. The minimum absolute atomic E-state index is 0.0205. The van der Waals surface area contributed by atoms with Crippen molar-refractivity contribution in [1.82, 2.24) is 14.8 Å². The summed E-state index contributed by atoms with van der Waals surface area (Å²) in [5.74, 6) is -0.317. The van der Waals surface area contributed by atoms with E-state index in [-0.39, 0.29) is 5.41 Å². The third-order valence-electron chi connectivity index (χ3n) is 4.80. The molecular weight excluding hydrogens is 318 g/mol. The normalized spacial score (nSPS) is 27.0. The number of nitrogens with zero attached hydrogens (tertiary/aromatic N) is 3. The first-order valence-corrected chi connectivity index (χ1v) is 8.72. The third-order valence-corrected chi connectivity index (χ3v) is 4.80. The molecule has 3 aromatic rings. The maximum atomic E-state index is 6.32. The van der Waals surface area contributed by atoms with E-state index in [2.05, 4.69) is 23.9 Å². The Morgan fingerprint density at radius 2 is 2.00 bits per heavy atom. The molecule has 1 aliphatic rings. The number of furan rings is 1. The lowest BCUT2D eigenvalue weighted by atomic mass is 9.86. The van der Waals surface area contributed by atoms with Gasteiger partial charge >= 0.3 is 0 Å². The standard InChI is InChI=1S/C19H23N3O3/c1-3-8-18(2)11-23-19(24-12-18,10-22-14-20-13-21-22)17-9-15-6-4-5-7-16(15)25-17/h4-7,9,13-14H,3,8,10-12H2,1-2H3. The SMILES string of the molecule is CCCC1(C)COC(Cn2cncn2)(c2cc3ccccc3o2)OC1. The number of hydrogen-bond donors (Lipinski definition) is 0. The lowest BCUT2D eigenvalue weighted by Crippen LogP contribution is -2.48. The van der Waals surface area contributed by atoms with Gasteiger partial charge in [0.15, 0.2) is 5.76 Å². The molecule has 3 heterocycles. The Hall–Kier alpha value is -2.18. The van der Waals surface area contributed by atoms with Crippen LogP contribution in [-0.4, -0.2) is 28.0 Å². The van der Waals surface area contributed by atoms with Crippen molar-refractivity contribution >= 4 is 11.0 Å². The molecule has 1 aromatic carbocycles. The van der Waals surface area contributed by atoms with Crippen LogP contribution in [0.2, 0.25) is 0 Å². The average Bonchev–Trinajstić information content (AvgIpc) is 3.27. The summed E-state index contributed by atoms with van der Waals surface area (Å²) in [5, 5.41) is 5.24. The minimum atomic E-state index is -0.986. The van der Waals surface area contributed by atoms with Crippen LogP contribution in [0, 0.1) is 5.41 Å². The summed E-state index contributed by atoms with van der Waals surface area (Å²) in [6.45, 7) is 6.02. The van der Waals surface area contributed by atoms with Crippen LogP contribution in [0.1, 0.15) is 32.4 Å². The van der Waals surface area contributed by atoms with Crippen molar-refractivity contribution in [3.05, 3.63) is 48.7 Å². The van der Waals surface area contributed by atoms with Crippen LogP contribution < -0.4 is 0 Å². The zero-order valence-electron chi connectivity index (χ0n) is 14.6. The van der Waals surface area contributed by atoms with Crippen molar-refractivity contribution < 1.29 is 13.9 Å². The van der Waals surface area contributed by atoms with E-state index in [0.29, 0.717) is 25.5 Å². The molecule has 6 nitrogen and oxygen atoms in total. The molecule has 0 unspecified atom stereocenters. The second-order valence-corrected chi connectivity index (χ2v) is 7.13. The van der Waals surface area contributed by atoms with Gasteiger partial charge in [0.05, 0.1) is 13.2 Å². The van der Waals surface area contributed by atoms with Crippen LogP contribution in [-0.2, 0) is 21.8 Å². The summed E-state index contributed by atoms with van der Waals surface area (Å²) in [4.78, 5) is 4.02. The van der Waals surface area contributed by atoms with Crippen molar-refractivity contribution in [1.29, 1.82) is 0 Å². The molecule has 25 heavy (non-hydrogen) atoms. The molecule has 1 fully saturated rings. The molecular formula is C19H23N3O3. The van der Waals surface area contributed by atoms with Crippen molar-refractivity contribution in [2.75, 3.05) is 13.2 Å². The highest BCUT2D eigenvalue weighted by Gasteiger charge is 2.46. The quantitative estimate of drug-likeness (QED) is 0.707. The predicted molar refractivity (Wildman–Crippen MR) is 92.8 cm³/mol. The fraction of sp³-hybridized carbons (Fsp3) is 0.474. The van der Waals surface area contributed by atoms with Crippen molar-refractivity contribution in [2.45, 2.75) is 39.0 Å². The summed E-state index contributed by atoms with van der Waals surface area (Å²) < 4.78 is 20.4. The molecule has 0 saturated carbocycles. The van der Waals surface area contributed by atoms with Crippen molar-refractivity contribution in [2.24, 2.45) is 5.41 Å². The number of benzene rings is 1. The Labute approximate surface area is 146 Å². The average molecular weight is 341 g/mol. The van der Waals surface area contributed by atoms with Gasteiger partial charge in [0.25, 0.3) is 0 Å². The van der Waals surface area contributed by atoms with Gasteiger partial charge in [-0.05, 0) is 18.6 Å². The summed E-state index contributed by atoms with van der Waals surface area (Å²) in [6, 6.07) is 9.92. The number of aromatic nitrogens is 3. The molecule has 132 valence electrons. The zero-order chi connectivity index (χ0) is 17.3. The largest absolute Gasteiger partial charge is 0.455 e. The van der Waals surface area contributed by atoms with Gasteiger partial charge in [-0.2, -0.15) is 5.10 Å². The van der Waals surface area contributed by atoms with E-state index in [1.165, 1.54) is 6.33 Å². The number of fused-ring (bicyclic) bond motifs is 1. The maximum Gasteiger partial charge on any atom is 0.248 e. The molecule has 1 aliphatic heterocycles. The maximum absolute atomic E-state index is 6.32. The molecule has 0 bridgehead atoms. The summed E-state index contributed by atoms with van der Waals surface area (Å²) >= 11 is 0. The molecule has 4 rings (SSSR count). The van der Waals surface area contributed by atoms with Crippen LogP contribution in [0.5, 0.6) is 0 Å². The van der Waals surface area contributed by atoms with E-state index in [1.807, 2.05) is 30.3 Å². The summed E-state index contributed by atoms with van der Waals surface area (Å²) in [5.41, 5.74) is 0.844. The molecule has 0 aliphatic carbocycles. The first kappa shape index (κ1) is 16.3. The molecule has 1 saturated heterocycles. The highest BCUT2D eigenvalue weighted by Crippen LogP contribution is 2.41. The second kappa shape index (κ2) is 6.28. The Kier molecular flexibility index (Phi) is 4.09. The number of ether oxygens (including phenoxy) is 2. The summed E-state index contributed by atoms with van der Waals surface area (Å²) in [7, 11) is 0. The highest BCUT2D eigenvalue weighted by atomic mass is 16.7. The Morgan fingerprint density at radius 1 is 1.20 bits per heavy atom. The summed E-state index contributed by atoms with van der Waals surface area (Å²) in [6.07, 6.45) is 5.34. The molecule has 0 amide bonds. The van der Waals surface area contributed by atoms with Gasteiger partial charge in [0.2, 0.25) is 5.79 Å². The van der Waals surface area contributed by atoms with Crippen LogP contribution in [0.25, 0.3) is 11.0 Å². The molecule has 6 heteroatoms. The molecule has 2 aromatic heterocycles. The Balaban J connectivity index is 1.69. The van der Waals surface area contributed by atoms with E-state index in [9.17, 15) is 0 Å². The lowest BCUT2D eigenvalue weighted by Gasteiger charge is -2.43. The fourth-order valence-corrected chi connectivity index (χ4v) is 3.42. The van der Waals surface area contributed by atoms with Gasteiger partial charge in [-0.1, -0.05) is 38.5 Å². The number of rotatable bonds is 5. The van der Waals surface area contributed by atoms with E-state index < -0.39 is 5.79 Å². The van der Waals surface area contributed by atoms with Crippen LogP contribution >= 0.6 is 0 Å². The third kappa shape index (κ3) is 3.07. The number of hydrogen-bond acceptors (Lipinski definition) is 5. The van der Waals surface area contributed by atoms with Gasteiger partial charge in [0.1, 0.15) is 24.8 Å². The van der Waals surface area contributed by atoms with E-state index in [1.54, 1.807) is 11.0 Å². The molecule has 0 spiro atoms. The number of para-hydroxylation sites is 1. The van der Waals surface area contributed by atoms with Gasteiger partial charge in [-0.15, -0.1) is 0 Å². The smallest absolute Gasteiger partial charge is 0.248 e. The van der Waals surface area contributed by atoms with Crippen molar-refractivity contribution in [3.8, 4) is 0 Å². The van der Waals surface area contributed by atoms with Gasteiger partial charge < -0.3 is 13.9 Å². The van der Waals surface area contributed by atoms with E-state index >= 15 is 0 Å². The Bertz CT molecular complexity index is 800. The van der Waals surface area contributed by atoms with Crippen LogP contribution in [0.4, 0.5) is 0 Å². The van der Waals surface area contributed by atoms with Gasteiger partial charge in [0, 0.05) is 10.8 Å². The topological polar surface area (TPSA) is 62.3 Å². The fourth-order valence-electron chi connectivity index (χ4n) is 3.42. The van der Waals surface area contributed by atoms with Crippen LogP contribution in [0.3, 0.4) is 0 Å². The van der Waals surface area contributed by atoms with Crippen molar-refractivity contribution in [3.63, 3.8) is 0 Å². The molecule has 0 radical (unpaired) electrons.